The van der Waals surface area contributed by atoms with Crippen LogP contribution in [0.3, 0.4) is 0 Å². The van der Waals surface area contributed by atoms with Crippen molar-refractivity contribution in [3.63, 3.8) is 0 Å². The van der Waals surface area contributed by atoms with Gasteiger partial charge in [-0.25, -0.2) is 9.97 Å². The van der Waals surface area contributed by atoms with Crippen molar-refractivity contribution >= 4 is 18.5 Å². The number of hydrogen-bond donors (Lipinski definition) is 3. The highest BCUT2D eigenvalue weighted by Gasteiger charge is 2.22. The van der Waals surface area contributed by atoms with Gasteiger partial charge >= 0.3 is 7.12 Å². The van der Waals surface area contributed by atoms with Gasteiger partial charge in [-0.15, -0.1) is 0 Å². The number of rotatable bonds is 3. The summed E-state index contributed by atoms with van der Waals surface area (Å²) in [6.07, 6.45) is 2.52. The maximum Gasteiger partial charge on any atom is 0.491 e. The van der Waals surface area contributed by atoms with Crippen LogP contribution in [-0.4, -0.2) is 64.6 Å². The van der Waals surface area contributed by atoms with Gasteiger partial charge in [0.1, 0.15) is 0 Å². The zero-order chi connectivity index (χ0) is 12.3. The van der Waals surface area contributed by atoms with E-state index in [2.05, 4.69) is 9.97 Å². The summed E-state index contributed by atoms with van der Waals surface area (Å²) in [5, 5.41) is 26.8. The fourth-order valence-electron chi connectivity index (χ4n) is 1.64. The quantitative estimate of drug-likeness (QED) is 0.495. The van der Waals surface area contributed by atoms with E-state index in [1.165, 1.54) is 12.4 Å². The first-order chi connectivity index (χ1) is 8.20. The molecule has 1 saturated heterocycles. The topological polar surface area (TPSA) is 98.9 Å². The molecule has 2 heterocycles. The molecule has 0 amide bonds. The summed E-state index contributed by atoms with van der Waals surface area (Å²) in [5.74, 6) is 0.496. The highest BCUT2D eigenvalue weighted by Crippen LogP contribution is 2.10. The van der Waals surface area contributed by atoms with E-state index in [1.54, 1.807) is 0 Å². The van der Waals surface area contributed by atoms with Gasteiger partial charge < -0.3 is 24.8 Å². The second kappa shape index (κ2) is 5.41. The number of anilines is 1. The van der Waals surface area contributed by atoms with Gasteiger partial charge in [0, 0.05) is 30.9 Å². The summed E-state index contributed by atoms with van der Waals surface area (Å²) in [4.78, 5) is 9.99. The molecule has 3 N–H and O–H groups in total. The van der Waals surface area contributed by atoms with Crippen molar-refractivity contribution in [1.29, 1.82) is 0 Å². The molecular weight excluding hydrogens is 225 g/mol. The average molecular weight is 239 g/mol. The predicted octanol–water partition coefficient (Wildman–Crippen LogP) is -2.65. The third-order valence-electron chi connectivity index (χ3n) is 2.58. The number of morpholine rings is 1. The molecule has 1 aliphatic rings. The number of aliphatic hydroxyl groups is 1. The molecule has 92 valence electrons. The van der Waals surface area contributed by atoms with Crippen LogP contribution in [0.25, 0.3) is 0 Å². The maximum atomic E-state index is 9.01. The predicted molar refractivity (Wildman–Crippen MR) is 60.9 cm³/mol. The molecule has 1 aromatic heterocycles. The molecule has 7 nitrogen and oxygen atoms in total. The molecule has 0 radical (unpaired) electrons. The van der Waals surface area contributed by atoms with E-state index in [0.717, 1.165) is 0 Å². The van der Waals surface area contributed by atoms with Crippen LogP contribution in [0.5, 0.6) is 0 Å². The molecule has 1 fully saturated rings. The lowest BCUT2D eigenvalue weighted by Crippen LogP contribution is -2.45. The Labute approximate surface area is 98.8 Å². The summed E-state index contributed by atoms with van der Waals surface area (Å²) >= 11 is 0. The minimum Gasteiger partial charge on any atom is -0.423 e. The first kappa shape index (κ1) is 12.2. The van der Waals surface area contributed by atoms with E-state index >= 15 is 0 Å². The first-order valence-corrected chi connectivity index (χ1v) is 5.36. The van der Waals surface area contributed by atoms with Gasteiger partial charge in [0.25, 0.3) is 0 Å². The SMILES string of the molecule is OCC1CN(c2ncc(B(O)O)cn2)CCO1. The van der Waals surface area contributed by atoms with Crippen molar-refractivity contribution in [3.8, 4) is 0 Å². The van der Waals surface area contributed by atoms with Crippen LogP contribution in [0.4, 0.5) is 5.95 Å². The van der Waals surface area contributed by atoms with Gasteiger partial charge in [-0.05, 0) is 0 Å². The first-order valence-electron chi connectivity index (χ1n) is 5.36. The highest BCUT2D eigenvalue weighted by molar-refractivity contribution is 6.58. The van der Waals surface area contributed by atoms with Crippen LogP contribution in [0.1, 0.15) is 0 Å². The number of nitrogens with zero attached hydrogens (tertiary/aromatic N) is 3. The lowest BCUT2D eigenvalue weighted by atomic mass is 9.83. The Morgan fingerprint density at radius 2 is 2.12 bits per heavy atom. The van der Waals surface area contributed by atoms with Crippen LogP contribution in [0.15, 0.2) is 12.4 Å². The fraction of sp³-hybridized carbons (Fsp3) is 0.556. The van der Waals surface area contributed by atoms with Gasteiger partial charge in [-0.1, -0.05) is 0 Å². The molecule has 0 saturated carbocycles. The summed E-state index contributed by atoms with van der Waals surface area (Å²) in [5.41, 5.74) is 0.251. The molecule has 1 aliphatic heterocycles. The summed E-state index contributed by atoms with van der Waals surface area (Å²) in [7, 11) is -1.56. The molecule has 2 rings (SSSR count). The van der Waals surface area contributed by atoms with Gasteiger partial charge in [-0.3, -0.25) is 0 Å². The van der Waals surface area contributed by atoms with E-state index < -0.39 is 7.12 Å². The molecule has 0 aliphatic carbocycles. The molecule has 17 heavy (non-hydrogen) atoms. The summed E-state index contributed by atoms with van der Waals surface area (Å²) in [6, 6.07) is 0. The lowest BCUT2D eigenvalue weighted by Gasteiger charge is -2.31. The van der Waals surface area contributed by atoms with E-state index in [4.69, 9.17) is 19.9 Å². The largest absolute Gasteiger partial charge is 0.491 e. The standard InChI is InChI=1S/C9H14BN3O4/c14-6-8-5-13(1-2-17-8)9-11-3-7(4-12-9)10(15)16/h3-4,8,14-16H,1-2,5-6H2. The van der Waals surface area contributed by atoms with E-state index in [1.807, 2.05) is 4.90 Å². The molecule has 1 aromatic rings. The number of ether oxygens (including phenoxy) is 1. The van der Waals surface area contributed by atoms with Crippen LogP contribution < -0.4 is 10.4 Å². The summed E-state index contributed by atoms with van der Waals surface area (Å²) in [6.45, 7) is 1.65. The third-order valence-corrected chi connectivity index (χ3v) is 2.58. The van der Waals surface area contributed by atoms with Crippen molar-refractivity contribution in [2.45, 2.75) is 6.10 Å². The Bertz CT molecular complexity index is 362. The molecule has 1 atom stereocenters. The van der Waals surface area contributed by atoms with Crippen LogP contribution in [0.2, 0.25) is 0 Å². The smallest absolute Gasteiger partial charge is 0.423 e. The third kappa shape index (κ3) is 2.92. The zero-order valence-electron chi connectivity index (χ0n) is 9.23. The lowest BCUT2D eigenvalue weighted by molar-refractivity contribution is 0.00314. The molecule has 0 spiro atoms. The number of aliphatic hydroxyl groups excluding tert-OH is 1. The van der Waals surface area contributed by atoms with Crippen LogP contribution in [0, 0.1) is 0 Å². The van der Waals surface area contributed by atoms with Crippen molar-refractivity contribution in [2.24, 2.45) is 0 Å². The van der Waals surface area contributed by atoms with Crippen molar-refractivity contribution < 1.29 is 19.9 Å². The van der Waals surface area contributed by atoms with E-state index in [9.17, 15) is 0 Å². The number of hydrogen-bond acceptors (Lipinski definition) is 7. The highest BCUT2D eigenvalue weighted by atomic mass is 16.5. The van der Waals surface area contributed by atoms with Crippen molar-refractivity contribution in [3.05, 3.63) is 12.4 Å². The van der Waals surface area contributed by atoms with Crippen molar-refractivity contribution in [1.82, 2.24) is 9.97 Å². The van der Waals surface area contributed by atoms with E-state index in [-0.39, 0.29) is 18.2 Å². The molecule has 1 unspecified atom stereocenters. The van der Waals surface area contributed by atoms with Gasteiger partial charge in [-0.2, -0.15) is 0 Å². The van der Waals surface area contributed by atoms with E-state index in [0.29, 0.717) is 25.6 Å². The summed E-state index contributed by atoms with van der Waals surface area (Å²) < 4.78 is 5.31. The van der Waals surface area contributed by atoms with Crippen molar-refractivity contribution in [2.75, 3.05) is 31.2 Å². The van der Waals surface area contributed by atoms with Gasteiger partial charge in [0.2, 0.25) is 5.95 Å². The second-order valence-electron chi connectivity index (χ2n) is 3.81. The minimum absolute atomic E-state index is 0.0378. The Kier molecular flexibility index (Phi) is 3.90. The Morgan fingerprint density at radius 1 is 1.41 bits per heavy atom. The monoisotopic (exact) mass is 239 g/mol. The second-order valence-corrected chi connectivity index (χ2v) is 3.81. The Balaban J connectivity index is 2.06. The maximum absolute atomic E-state index is 9.01. The van der Waals surface area contributed by atoms with Gasteiger partial charge in [0.15, 0.2) is 0 Å². The molecule has 0 bridgehead atoms. The minimum atomic E-state index is -1.56. The molecule has 0 aromatic carbocycles. The zero-order valence-corrected chi connectivity index (χ0v) is 9.23. The Hall–Kier alpha value is -1.22. The molecular formula is C9H14BN3O4. The normalized spacial score (nSPS) is 20.4. The number of aromatic nitrogens is 2. The van der Waals surface area contributed by atoms with Crippen LogP contribution >= 0.6 is 0 Å². The van der Waals surface area contributed by atoms with Crippen LogP contribution in [-0.2, 0) is 4.74 Å². The Morgan fingerprint density at radius 3 is 2.71 bits per heavy atom. The van der Waals surface area contributed by atoms with Gasteiger partial charge in [0.05, 0.1) is 19.3 Å². The average Bonchev–Trinajstić information content (AvgIpc) is 2.39. The molecule has 8 heteroatoms. The fourth-order valence-corrected chi connectivity index (χ4v) is 1.64.